The van der Waals surface area contributed by atoms with E-state index in [2.05, 4.69) is 6.92 Å². The summed E-state index contributed by atoms with van der Waals surface area (Å²) in [6.07, 6.45) is 7.74. The Hall–Kier alpha value is -1.12. The van der Waals surface area contributed by atoms with Crippen molar-refractivity contribution in [2.75, 3.05) is 6.54 Å². The van der Waals surface area contributed by atoms with E-state index < -0.39 is 0 Å². The Morgan fingerprint density at radius 1 is 1.00 bits per heavy atom. The minimum Gasteiger partial charge on any atom is -0.275 e. The van der Waals surface area contributed by atoms with Gasteiger partial charge in [0.1, 0.15) is 0 Å². The molecule has 0 aromatic heterocycles. The third kappa shape index (κ3) is 1.63. The first-order chi connectivity index (χ1) is 8.74. The first kappa shape index (κ1) is 11.9. The number of nitrogens with zero attached hydrogens (tertiary/aromatic N) is 1. The molecule has 2 atom stereocenters. The van der Waals surface area contributed by atoms with Gasteiger partial charge in [-0.1, -0.05) is 26.2 Å². The van der Waals surface area contributed by atoms with Crippen LogP contribution in [0.5, 0.6) is 0 Å². The molecule has 0 saturated heterocycles. The van der Waals surface area contributed by atoms with E-state index in [0.717, 1.165) is 43.3 Å². The maximum absolute atomic E-state index is 12.3. The molecule has 3 rings (SSSR count). The van der Waals surface area contributed by atoms with Gasteiger partial charge in [-0.05, 0) is 37.5 Å². The van der Waals surface area contributed by atoms with Gasteiger partial charge in [0.15, 0.2) is 0 Å². The second kappa shape index (κ2) is 4.52. The number of likely N-dealkylation sites (tertiary alicyclic amines) is 1. The van der Waals surface area contributed by atoms with Crippen molar-refractivity contribution < 1.29 is 9.59 Å². The molecule has 18 heavy (non-hydrogen) atoms. The Labute approximate surface area is 108 Å². The Kier molecular flexibility index (Phi) is 3.00. The SMILES string of the molecule is CCCCCCN1C(=O)C2=C(C1=O)[C@H]1CC[C@@H]2C1. The molecule has 3 heteroatoms. The van der Waals surface area contributed by atoms with E-state index in [0.29, 0.717) is 18.4 Å². The van der Waals surface area contributed by atoms with Gasteiger partial charge in [0.25, 0.3) is 11.8 Å². The lowest BCUT2D eigenvalue weighted by Gasteiger charge is -2.17. The minimum absolute atomic E-state index is 0.0405. The first-order valence-electron chi connectivity index (χ1n) is 7.34. The van der Waals surface area contributed by atoms with Crippen LogP contribution in [0.15, 0.2) is 11.1 Å². The van der Waals surface area contributed by atoms with Crippen molar-refractivity contribution in [1.29, 1.82) is 0 Å². The fourth-order valence-electron chi connectivity index (χ4n) is 3.81. The van der Waals surface area contributed by atoms with E-state index in [1.54, 1.807) is 0 Å². The molecule has 0 unspecified atom stereocenters. The van der Waals surface area contributed by atoms with Gasteiger partial charge < -0.3 is 0 Å². The molecule has 2 amide bonds. The molecule has 1 heterocycles. The lowest BCUT2D eigenvalue weighted by Crippen LogP contribution is -2.34. The van der Waals surface area contributed by atoms with Crippen molar-refractivity contribution >= 4 is 11.8 Å². The molecule has 1 aliphatic heterocycles. The summed E-state index contributed by atoms with van der Waals surface area (Å²) < 4.78 is 0. The normalized spacial score (nSPS) is 29.7. The van der Waals surface area contributed by atoms with Gasteiger partial charge in [-0.25, -0.2) is 0 Å². The van der Waals surface area contributed by atoms with Crippen LogP contribution in [0.4, 0.5) is 0 Å². The molecule has 0 aromatic carbocycles. The van der Waals surface area contributed by atoms with Crippen LogP contribution in [0.1, 0.15) is 51.9 Å². The lowest BCUT2D eigenvalue weighted by atomic mass is 9.93. The Morgan fingerprint density at radius 3 is 2.17 bits per heavy atom. The van der Waals surface area contributed by atoms with Crippen LogP contribution in [-0.4, -0.2) is 23.3 Å². The summed E-state index contributed by atoms with van der Waals surface area (Å²) >= 11 is 0. The molecule has 2 bridgehead atoms. The van der Waals surface area contributed by atoms with Crippen molar-refractivity contribution in [2.45, 2.75) is 51.9 Å². The van der Waals surface area contributed by atoms with Gasteiger partial charge in [0.05, 0.1) is 0 Å². The molecular weight excluding hydrogens is 226 g/mol. The van der Waals surface area contributed by atoms with E-state index in [1.807, 2.05) is 0 Å². The van der Waals surface area contributed by atoms with Crippen molar-refractivity contribution in [3.05, 3.63) is 11.1 Å². The predicted octanol–water partition coefficient (Wildman–Crippen LogP) is 2.66. The van der Waals surface area contributed by atoms with Crippen molar-refractivity contribution in [3.63, 3.8) is 0 Å². The van der Waals surface area contributed by atoms with Crippen LogP contribution >= 0.6 is 0 Å². The molecule has 3 nitrogen and oxygen atoms in total. The zero-order valence-electron chi connectivity index (χ0n) is 11.1. The second-order valence-corrected chi connectivity index (χ2v) is 5.86. The highest BCUT2D eigenvalue weighted by Gasteiger charge is 2.51. The monoisotopic (exact) mass is 247 g/mol. The van der Waals surface area contributed by atoms with Gasteiger partial charge in [0.2, 0.25) is 0 Å². The summed E-state index contributed by atoms with van der Waals surface area (Å²) in [5, 5.41) is 0. The molecule has 1 fully saturated rings. The third-order valence-electron chi connectivity index (χ3n) is 4.73. The van der Waals surface area contributed by atoms with Crippen molar-refractivity contribution in [1.82, 2.24) is 4.90 Å². The number of hydrogen-bond acceptors (Lipinski definition) is 2. The van der Waals surface area contributed by atoms with Gasteiger partial charge in [-0.2, -0.15) is 0 Å². The standard InChI is InChI=1S/C15H21NO2/c1-2-3-4-5-8-16-14(17)12-10-6-7-11(9-10)13(12)15(16)18/h10-11H,2-9H2,1H3/t10-,11+. The van der Waals surface area contributed by atoms with E-state index >= 15 is 0 Å². The number of amides is 2. The Morgan fingerprint density at radius 2 is 1.61 bits per heavy atom. The average Bonchev–Trinajstić information content (AvgIpc) is 3.02. The summed E-state index contributed by atoms with van der Waals surface area (Å²) in [4.78, 5) is 26.1. The highest BCUT2D eigenvalue weighted by atomic mass is 16.2. The van der Waals surface area contributed by atoms with Gasteiger partial charge in [-0.15, -0.1) is 0 Å². The quantitative estimate of drug-likeness (QED) is 0.553. The molecule has 98 valence electrons. The van der Waals surface area contributed by atoms with E-state index in [-0.39, 0.29) is 11.8 Å². The number of rotatable bonds is 5. The molecule has 2 aliphatic carbocycles. The van der Waals surface area contributed by atoms with Crippen LogP contribution < -0.4 is 0 Å². The van der Waals surface area contributed by atoms with E-state index in [4.69, 9.17) is 0 Å². The number of unbranched alkanes of at least 4 members (excludes halogenated alkanes) is 3. The number of carbonyl (C=O) groups excluding carboxylic acids is 2. The fourth-order valence-corrected chi connectivity index (χ4v) is 3.81. The molecule has 3 aliphatic rings. The lowest BCUT2D eigenvalue weighted by molar-refractivity contribution is -0.138. The minimum atomic E-state index is 0.0405. The summed E-state index contributed by atoms with van der Waals surface area (Å²) in [6, 6.07) is 0. The zero-order chi connectivity index (χ0) is 12.7. The molecule has 1 saturated carbocycles. The largest absolute Gasteiger partial charge is 0.275 e. The van der Waals surface area contributed by atoms with E-state index in [1.165, 1.54) is 17.7 Å². The molecule has 0 radical (unpaired) electrons. The maximum Gasteiger partial charge on any atom is 0.257 e. The van der Waals surface area contributed by atoms with Crippen LogP contribution in [0.25, 0.3) is 0 Å². The van der Waals surface area contributed by atoms with Crippen LogP contribution in [0.2, 0.25) is 0 Å². The Balaban J connectivity index is 1.67. The maximum atomic E-state index is 12.3. The summed E-state index contributed by atoms with van der Waals surface area (Å²) in [5.41, 5.74) is 1.79. The summed E-state index contributed by atoms with van der Waals surface area (Å²) in [7, 11) is 0. The molecule has 0 N–H and O–H groups in total. The summed E-state index contributed by atoms with van der Waals surface area (Å²) in [6.45, 7) is 2.80. The smallest absolute Gasteiger partial charge is 0.257 e. The van der Waals surface area contributed by atoms with Gasteiger partial charge in [0, 0.05) is 17.7 Å². The highest BCUT2D eigenvalue weighted by Crippen LogP contribution is 2.52. The van der Waals surface area contributed by atoms with Crippen LogP contribution in [-0.2, 0) is 9.59 Å². The molecule has 0 aromatic rings. The average molecular weight is 247 g/mol. The van der Waals surface area contributed by atoms with Crippen molar-refractivity contribution in [3.8, 4) is 0 Å². The number of fused-ring (bicyclic) bond motifs is 4. The number of imide groups is 1. The van der Waals surface area contributed by atoms with Crippen LogP contribution in [0.3, 0.4) is 0 Å². The second-order valence-electron chi connectivity index (χ2n) is 5.86. The van der Waals surface area contributed by atoms with E-state index in [9.17, 15) is 9.59 Å². The zero-order valence-corrected chi connectivity index (χ0v) is 11.1. The number of hydrogen-bond donors (Lipinski definition) is 0. The highest BCUT2D eigenvalue weighted by molar-refractivity contribution is 6.20. The van der Waals surface area contributed by atoms with Crippen molar-refractivity contribution in [2.24, 2.45) is 11.8 Å². The van der Waals surface area contributed by atoms with Crippen LogP contribution in [0, 0.1) is 11.8 Å². The van der Waals surface area contributed by atoms with Gasteiger partial charge >= 0.3 is 0 Å². The Bertz CT molecular complexity index is 392. The fraction of sp³-hybridized carbons (Fsp3) is 0.733. The van der Waals surface area contributed by atoms with Gasteiger partial charge in [-0.3, -0.25) is 14.5 Å². The first-order valence-corrected chi connectivity index (χ1v) is 7.34. The summed E-state index contributed by atoms with van der Waals surface area (Å²) in [5.74, 6) is 0.890. The topological polar surface area (TPSA) is 37.4 Å². The number of carbonyl (C=O) groups is 2. The third-order valence-corrected chi connectivity index (χ3v) is 4.73. The predicted molar refractivity (Wildman–Crippen MR) is 68.7 cm³/mol. The molecular formula is C15H21NO2. The molecule has 0 spiro atoms.